The van der Waals surface area contributed by atoms with Gasteiger partial charge in [0.1, 0.15) is 5.82 Å². The Hall–Kier alpha value is -2.80. The largest absolute Gasteiger partial charge is 0.381 e. The summed E-state index contributed by atoms with van der Waals surface area (Å²) in [4.78, 5) is 11.2. The van der Waals surface area contributed by atoms with Gasteiger partial charge in [0.2, 0.25) is 5.91 Å². The predicted octanol–water partition coefficient (Wildman–Crippen LogP) is 3.45. The zero-order chi connectivity index (χ0) is 19.6. The van der Waals surface area contributed by atoms with Gasteiger partial charge in [-0.15, -0.1) is 0 Å². The maximum absolute atomic E-state index is 14.0. The number of halogens is 3. The average molecular weight is 375 g/mol. The fourth-order valence-corrected chi connectivity index (χ4v) is 3.32. The lowest BCUT2D eigenvalue weighted by molar-refractivity contribution is 0.100. The summed E-state index contributed by atoms with van der Waals surface area (Å²) in [5.41, 5.74) is 13.7. The van der Waals surface area contributed by atoms with E-state index >= 15 is 0 Å². The van der Waals surface area contributed by atoms with Gasteiger partial charge in [-0.1, -0.05) is 17.7 Å². The molecule has 0 unspecified atom stereocenters. The van der Waals surface area contributed by atoms with Crippen molar-refractivity contribution in [1.29, 1.82) is 0 Å². The molecular formula is C20H20F3N3O. The summed E-state index contributed by atoms with van der Waals surface area (Å²) in [6, 6.07) is 7.87. The number of benzene rings is 2. The van der Waals surface area contributed by atoms with Gasteiger partial charge in [0.15, 0.2) is 11.6 Å². The van der Waals surface area contributed by atoms with Crippen LogP contribution in [0.15, 0.2) is 48.0 Å². The van der Waals surface area contributed by atoms with Gasteiger partial charge in [-0.05, 0) is 42.7 Å². The molecular weight excluding hydrogens is 355 g/mol. The Morgan fingerprint density at radius 3 is 2.56 bits per heavy atom. The summed E-state index contributed by atoms with van der Waals surface area (Å²) in [6.45, 7) is 0.503. The first-order chi connectivity index (χ1) is 12.8. The number of primary amides is 1. The lowest BCUT2D eigenvalue weighted by atomic mass is 9.80. The molecule has 7 heteroatoms. The van der Waals surface area contributed by atoms with Gasteiger partial charge in [0, 0.05) is 35.8 Å². The standard InChI is InChI=1S/C20H20F3N3O/c21-16-9-18(23)17(22)8-15(16)14-5-4-11(6-19(14)24)10-26-13-3-1-2-12(7-13)20(25)27/h1-4,7-9,14,19,26H,5-6,10,24H2,(H2,25,27)/t14-,19+/m0/s1. The van der Waals surface area contributed by atoms with E-state index in [4.69, 9.17) is 11.5 Å². The monoisotopic (exact) mass is 375 g/mol. The van der Waals surface area contributed by atoms with E-state index in [2.05, 4.69) is 5.32 Å². The molecule has 2 aromatic carbocycles. The molecule has 3 rings (SSSR count). The molecule has 0 saturated carbocycles. The molecule has 1 amide bonds. The first kappa shape index (κ1) is 19.0. The van der Waals surface area contributed by atoms with E-state index in [0.29, 0.717) is 31.0 Å². The zero-order valence-corrected chi connectivity index (χ0v) is 14.5. The van der Waals surface area contributed by atoms with Crippen LogP contribution in [0.4, 0.5) is 18.9 Å². The maximum Gasteiger partial charge on any atom is 0.248 e. The molecule has 1 aliphatic carbocycles. The van der Waals surface area contributed by atoms with Gasteiger partial charge >= 0.3 is 0 Å². The van der Waals surface area contributed by atoms with Crippen molar-refractivity contribution in [3.05, 3.63) is 76.6 Å². The van der Waals surface area contributed by atoms with Crippen LogP contribution in [0.5, 0.6) is 0 Å². The smallest absolute Gasteiger partial charge is 0.248 e. The summed E-state index contributed by atoms with van der Waals surface area (Å²) in [5.74, 6) is -3.99. The van der Waals surface area contributed by atoms with Crippen molar-refractivity contribution in [3.63, 3.8) is 0 Å². The number of carbonyl (C=O) groups is 1. The minimum Gasteiger partial charge on any atom is -0.381 e. The first-order valence-electron chi connectivity index (χ1n) is 8.57. The number of rotatable bonds is 5. The minimum atomic E-state index is -1.21. The number of carbonyl (C=O) groups excluding carboxylic acids is 1. The molecule has 0 fully saturated rings. The Balaban J connectivity index is 1.68. The number of allylic oxidation sites excluding steroid dienone is 1. The second-order valence-corrected chi connectivity index (χ2v) is 6.66. The number of amides is 1. The van der Waals surface area contributed by atoms with Crippen LogP contribution in [0.25, 0.3) is 0 Å². The fraction of sp³-hybridized carbons (Fsp3) is 0.250. The van der Waals surface area contributed by atoms with E-state index in [-0.39, 0.29) is 5.56 Å². The summed E-state index contributed by atoms with van der Waals surface area (Å²) in [7, 11) is 0. The van der Waals surface area contributed by atoms with Crippen molar-refractivity contribution in [2.24, 2.45) is 11.5 Å². The molecule has 5 N–H and O–H groups in total. The molecule has 0 radical (unpaired) electrons. The minimum absolute atomic E-state index is 0.0961. The number of hydrogen-bond donors (Lipinski definition) is 3. The van der Waals surface area contributed by atoms with Crippen LogP contribution in [0.1, 0.15) is 34.7 Å². The van der Waals surface area contributed by atoms with Crippen molar-refractivity contribution in [2.45, 2.75) is 24.8 Å². The van der Waals surface area contributed by atoms with E-state index in [1.807, 2.05) is 12.1 Å². The quantitative estimate of drug-likeness (QED) is 0.553. The molecule has 0 saturated heterocycles. The van der Waals surface area contributed by atoms with E-state index < -0.39 is 35.3 Å². The Kier molecular flexibility index (Phi) is 5.51. The Morgan fingerprint density at radius 1 is 1.11 bits per heavy atom. The summed E-state index contributed by atoms with van der Waals surface area (Å²) < 4.78 is 40.6. The van der Waals surface area contributed by atoms with Crippen molar-refractivity contribution >= 4 is 11.6 Å². The average Bonchev–Trinajstić information content (AvgIpc) is 2.64. The lowest BCUT2D eigenvalue weighted by Gasteiger charge is -2.29. The van der Waals surface area contributed by atoms with Gasteiger partial charge in [-0.25, -0.2) is 13.2 Å². The van der Waals surface area contributed by atoms with Gasteiger partial charge in [0.05, 0.1) is 0 Å². The molecule has 2 aromatic rings. The molecule has 0 bridgehead atoms. The Bertz CT molecular complexity index is 898. The molecule has 0 aromatic heterocycles. The van der Waals surface area contributed by atoms with Gasteiger partial charge in [0.25, 0.3) is 0 Å². The van der Waals surface area contributed by atoms with E-state index in [9.17, 15) is 18.0 Å². The summed E-state index contributed by atoms with van der Waals surface area (Å²) in [5, 5.41) is 3.20. The third-order valence-electron chi connectivity index (χ3n) is 4.78. The highest BCUT2D eigenvalue weighted by Crippen LogP contribution is 2.33. The maximum atomic E-state index is 14.0. The molecule has 4 nitrogen and oxygen atoms in total. The van der Waals surface area contributed by atoms with E-state index in [1.165, 1.54) is 0 Å². The van der Waals surface area contributed by atoms with Gasteiger partial charge in [-0.3, -0.25) is 4.79 Å². The lowest BCUT2D eigenvalue weighted by Crippen LogP contribution is -2.33. The molecule has 0 aliphatic heterocycles. The van der Waals surface area contributed by atoms with Crippen LogP contribution >= 0.6 is 0 Å². The molecule has 0 spiro atoms. The SMILES string of the molecule is NC(=O)c1cccc(NCC2=CC[C@@H](c3cc(F)c(F)cc3F)[C@H](N)C2)c1. The Labute approximate surface area is 155 Å². The highest BCUT2D eigenvalue weighted by atomic mass is 19.2. The van der Waals surface area contributed by atoms with Crippen LogP contribution in [-0.4, -0.2) is 18.5 Å². The number of anilines is 1. The molecule has 1 aliphatic rings. The third kappa shape index (κ3) is 4.31. The molecule has 0 heterocycles. The highest BCUT2D eigenvalue weighted by molar-refractivity contribution is 5.93. The highest BCUT2D eigenvalue weighted by Gasteiger charge is 2.27. The van der Waals surface area contributed by atoms with Crippen LogP contribution in [0.2, 0.25) is 0 Å². The number of nitrogens with two attached hydrogens (primary N) is 2. The van der Waals surface area contributed by atoms with Gasteiger partial charge < -0.3 is 16.8 Å². The summed E-state index contributed by atoms with van der Waals surface area (Å²) >= 11 is 0. The van der Waals surface area contributed by atoms with Crippen molar-refractivity contribution in [1.82, 2.24) is 0 Å². The third-order valence-corrected chi connectivity index (χ3v) is 4.78. The van der Waals surface area contributed by atoms with Crippen LogP contribution in [-0.2, 0) is 0 Å². The zero-order valence-electron chi connectivity index (χ0n) is 14.5. The van der Waals surface area contributed by atoms with Crippen LogP contribution in [0, 0.1) is 17.5 Å². The van der Waals surface area contributed by atoms with E-state index in [0.717, 1.165) is 17.3 Å². The van der Waals surface area contributed by atoms with Crippen LogP contribution < -0.4 is 16.8 Å². The summed E-state index contributed by atoms with van der Waals surface area (Å²) in [6.07, 6.45) is 2.85. The van der Waals surface area contributed by atoms with E-state index in [1.54, 1.807) is 18.2 Å². The van der Waals surface area contributed by atoms with Crippen LogP contribution in [0.3, 0.4) is 0 Å². The molecule has 27 heavy (non-hydrogen) atoms. The second kappa shape index (κ2) is 7.84. The second-order valence-electron chi connectivity index (χ2n) is 6.66. The van der Waals surface area contributed by atoms with Crippen molar-refractivity contribution < 1.29 is 18.0 Å². The Morgan fingerprint density at radius 2 is 1.85 bits per heavy atom. The molecule has 2 atom stereocenters. The topological polar surface area (TPSA) is 81.1 Å². The van der Waals surface area contributed by atoms with Crippen molar-refractivity contribution in [3.8, 4) is 0 Å². The number of hydrogen-bond acceptors (Lipinski definition) is 3. The van der Waals surface area contributed by atoms with Crippen molar-refractivity contribution in [2.75, 3.05) is 11.9 Å². The normalized spacial score (nSPS) is 19.5. The predicted molar refractivity (Wildman–Crippen MR) is 97.8 cm³/mol. The number of nitrogens with one attached hydrogen (secondary N) is 1. The first-order valence-corrected chi connectivity index (χ1v) is 8.57. The fourth-order valence-electron chi connectivity index (χ4n) is 3.32. The van der Waals surface area contributed by atoms with Gasteiger partial charge in [-0.2, -0.15) is 0 Å². The molecule has 142 valence electrons.